The summed E-state index contributed by atoms with van der Waals surface area (Å²) in [6.45, 7) is 7.98. The van der Waals surface area contributed by atoms with Crippen LogP contribution < -0.4 is 0 Å². The number of rotatable bonds is 0. The smallest absolute Gasteiger partial charge is 0.410 e. The molecule has 0 saturated carbocycles. The first-order chi connectivity index (χ1) is 9.83. The van der Waals surface area contributed by atoms with Gasteiger partial charge >= 0.3 is 6.09 Å². The molecular weight excluding hydrogens is 268 g/mol. The van der Waals surface area contributed by atoms with E-state index in [0.29, 0.717) is 30.2 Å². The summed E-state index contributed by atoms with van der Waals surface area (Å²) in [5.74, 6) is 1.15. The predicted molar refractivity (Wildman–Crippen MR) is 78.8 cm³/mol. The van der Waals surface area contributed by atoms with Crippen LogP contribution in [0, 0.1) is 11.8 Å². The lowest BCUT2D eigenvalue weighted by Gasteiger charge is -2.52. The topological polar surface area (TPSA) is 49.9 Å². The van der Waals surface area contributed by atoms with Crippen LogP contribution in [0.5, 0.6) is 0 Å². The predicted octanol–water partition coefficient (Wildman–Crippen LogP) is 2.25. The molecule has 3 aliphatic rings. The van der Waals surface area contributed by atoms with Crippen LogP contribution >= 0.6 is 0 Å². The number of piperidine rings is 3. The zero-order valence-electron chi connectivity index (χ0n) is 13.3. The number of carbonyl (C=O) groups excluding carboxylic acids is 2. The molecule has 2 bridgehead atoms. The maximum Gasteiger partial charge on any atom is 0.410 e. The van der Waals surface area contributed by atoms with Crippen LogP contribution in [0.2, 0.25) is 0 Å². The first-order valence-corrected chi connectivity index (χ1v) is 8.11. The number of nitrogens with zero attached hydrogens (tertiary/aromatic N) is 2. The van der Waals surface area contributed by atoms with Gasteiger partial charge in [0.15, 0.2) is 0 Å². The minimum absolute atomic E-state index is 0.201. The summed E-state index contributed by atoms with van der Waals surface area (Å²) >= 11 is 0. The fourth-order valence-corrected chi connectivity index (χ4v) is 4.09. The number of hydrogen-bond donors (Lipinski definition) is 0. The maximum atomic E-state index is 12.3. The lowest BCUT2D eigenvalue weighted by molar-refractivity contribution is -0.144. The van der Waals surface area contributed by atoms with Crippen LogP contribution in [-0.4, -0.2) is 53.1 Å². The standard InChI is InChI=1S/C16H26N2O3/c1-16(2,3)21-15(20)17-8-11-7-12(10-17)13-5-4-6-14(19)18(13)9-11/h11-13H,4-10H2,1-3H3. The highest BCUT2D eigenvalue weighted by molar-refractivity contribution is 5.77. The van der Waals surface area contributed by atoms with E-state index in [1.807, 2.05) is 25.7 Å². The molecule has 0 N–H and O–H groups in total. The van der Waals surface area contributed by atoms with Crippen molar-refractivity contribution < 1.29 is 14.3 Å². The highest BCUT2D eigenvalue weighted by atomic mass is 16.6. The number of likely N-dealkylation sites (tertiary alicyclic amines) is 1. The van der Waals surface area contributed by atoms with Crippen LogP contribution in [-0.2, 0) is 9.53 Å². The van der Waals surface area contributed by atoms with Crippen molar-refractivity contribution in [2.75, 3.05) is 19.6 Å². The van der Waals surface area contributed by atoms with Crippen LogP contribution in [0.1, 0.15) is 46.5 Å². The molecule has 5 heteroatoms. The third kappa shape index (κ3) is 3.01. The van der Waals surface area contributed by atoms with Crippen molar-refractivity contribution in [1.82, 2.24) is 9.80 Å². The van der Waals surface area contributed by atoms with Gasteiger partial charge in [0.2, 0.25) is 5.91 Å². The molecule has 3 aliphatic heterocycles. The van der Waals surface area contributed by atoms with E-state index in [4.69, 9.17) is 4.74 Å². The molecular formula is C16H26N2O3. The van der Waals surface area contributed by atoms with E-state index >= 15 is 0 Å². The Morgan fingerprint density at radius 3 is 2.71 bits per heavy atom. The normalized spacial score (nSPS) is 32.7. The molecule has 0 aromatic rings. The molecule has 3 saturated heterocycles. The van der Waals surface area contributed by atoms with Crippen LogP contribution in [0.25, 0.3) is 0 Å². The van der Waals surface area contributed by atoms with Gasteiger partial charge in [-0.1, -0.05) is 0 Å². The molecule has 3 unspecified atom stereocenters. The Kier molecular flexibility index (Phi) is 3.62. The fourth-order valence-electron chi connectivity index (χ4n) is 4.09. The Labute approximate surface area is 126 Å². The van der Waals surface area contributed by atoms with Gasteiger partial charge in [0, 0.05) is 32.1 Å². The van der Waals surface area contributed by atoms with Crippen molar-refractivity contribution in [1.29, 1.82) is 0 Å². The number of amides is 2. The first kappa shape index (κ1) is 14.7. The summed E-state index contributed by atoms with van der Waals surface area (Å²) < 4.78 is 5.51. The monoisotopic (exact) mass is 294 g/mol. The Morgan fingerprint density at radius 2 is 2.00 bits per heavy atom. The van der Waals surface area contributed by atoms with Crippen molar-refractivity contribution in [3.8, 4) is 0 Å². The van der Waals surface area contributed by atoms with Gasteiger partial charge in [-0.15, -0.1) is 0 Å². The van der Waals surface area contributed by atoms with E-state index in [1.54, 1.807) is 0 Å². The van der Waals surface area contributed by atoms with Gasteiger partial charge in [-0.2, -0.15) is 0 Å². The van der Waals surface area contributed by atoms with Gasteiger partial charge in [-0.25, -0.2) is 4.79 Å². The molecule has 118 valence electrons. The second kappa shape index (κ2) is 5.18. The Bertz CT molecular complexity index is 443. The molecule has 0 aromatic heterocycles. The highest BCUT2D eigenvalue weighted by Crippen LogP contribution is 2.38. The maximum absolute atomic E-state index is 12.3. The minimum atomic E-state index is -0.448. The summed E-state index contributed by atoms with van der Waals surface area (Å²) in [6, 6.07) is 0.340. The highest BCUT2D eigenvalue weighted by Gasteiger charge is 2.45. The van der Waals surface area contributed by atoms with E-state index in [1.165, 1.54) is 0 Å². The van der Waals surface area contributed by atoms with E-state index < -0.39 is 5.60 Å². The van der Waals surface area contributed by atoms with Crippen LogP contribution in [0.15, 0.2) is 0 Å². The van der Waals surface area contributed by atoms with Crippen molar-refractivity contribution in [2.24, 2.45) is 11.8 Å². The van der Waals surface area contributed by atoms with Gasteiger partial charge < -0.3 is 14.5 Å². The van der Waals surface area contributed by atoms with Crippen molar-refractivity contribution in [2.45, 2.75) is 58.1 Å². The van der Waals surface area contributed by atoms with Crippen molar-refractivity contribution in [3.05, 3.63) is 0 Å². The van der Waals surface area contributed by atoms with Crippen molar-refractivity contribution in [3.63, 3.8) is 0 Å². The number of fused-ring (bicyclic) bond motifs is 4. The summed E-state index contributed by atoms with van der Waals surface area (Å²) in [5.41, 5.74) is -0.448. The van der Waals surface area contributed by atoms with Crippen LogP contribution in [0.3, 0.4) is 0 Å². The fraction of sp³-hybridized carbons (Fsp3) is 0.875. The summed E-state index contributed by atoms with van der Waals surface area (Å²) in [4.78, 5) is 28.3. The quantitative estimate of drug-likeness (QED) is 0.688. The second-order valence-corrected chi connectivity index (χ2v) is 7.75. The molecule has 0 spiro atoms. The zero-order valence-corrected chi connectivity index (χ0v) is 13.3. The average Bonchev–Trinajstić information content (AvgIpc) is 2.38. The Hall–Kier alpha value is -1.26. The summed E-state index contributed by atoms with van der Waals surface area (Å²) in [6.07, 6.45) is 3.73. The molecule has 0 radical (unpaired) electrons. The third-order valence-electron chi connectivity index (χ3n) is 4.83. The minimum Gasteiger partial charge on any atom is -0.444 e. The molecule has 0 aromatic carbocycles. The van der Waals surface area contributed by atoms with E-state index in [-0.39, 0.29) is 6.09 Å². The van der Waals surface area contributed by atoms with E-state index in [9.17, 15) is 9.59 Å². The Morgan fingerprint density at radius 1 is 1.24 bits per heavy atom. The van der Waals surface area contributed by atoms with Crippen LogP contribution in [0.4, 0.5) is 4.79 Å². The van der Waals surface area contributed by atoms with E-state index in [0.717, 1.165) is 38.9 Å². The second-order valence-electron chi connectivity index (χ2n) is 7.75. The molecule has 5 nitrogen and oxygen atoms in total. The largest absolute Gasteiger partial charge is 0.444 e. The van der Waals surface area contributed by atoms with Gasteiger partial charge in [0.1, 0.15) is 5.60 Å². The number of hydrogen-bond acceptors (Lipinski definition) is 3. The van der Waals surface area contributed by atoms with E-state index in [2.05, 4.69) is 4.90 Å². The van der Waals surface area contributed by atoms with Crippen molar-refractivity contribution >= 4 is 12.0 Å². The summed E-state index contributed by atoms with van der Waals surface area (Å²) in [5, 5.41) is 0. The molecule has 2 amide bonds. The molecule has 0 aliphatic carbocycles. The zero-order chi connectivity index (χ0) is 15.2. The molecule has 3 rings (SSSR count). The number of carbonyl (C=O) groups is 2. The Balaban J connectivity index is 1.69. The van der Waals surface area contributed by atoms with Gasteiger partial charge in [0.25, 0.3) is 0 Å². The summed E-state index contributed by atoms with van der Waals surface area (Å²) in [7, 11) is 0. The first-order valence-electron chi connectivity index (χ1n) is 8.11. The molecule has 3 fully saturated rings. The molecule has 3 heterocycles. The van der Waals surface area contributed by atoms with Gasteiger partial charge in [-0.3, -0.25) is 4.79 Å². The van der Waals surface area contributed by atoms with Gasteiger partial charge in [0.05, 0.1) is 0 Å². The average molecular weight is 294 g/mol. The van der Waals surface area contributed by atoms with Gasteiger partial charge in [-0.05, 0) is 51.9 Å². The molecule has 3 atom stereocenters. The lowest BCUT2D eigenvalue weighted by atomic mass is 9.76. The third-order valence-corrected chi connectivity index (χ3v) is 4.83. The SMILES string of the molecule is CC(C)(C)OC(=O)N1CC2CC(C1)C1CCCC(=O)N1C2. The molecule has 21 heavy (non-hydrogen) atoms. The number of ether oxygens (including phenoxy) is 1. The lowest BCUT2D eigenvalue weighted by Crippen LogP contribution is -2.61.